The lowest BCUT2D eigenvalue weighted by atomic mass is 10.1. The third-order valence-corrected chi connectivity index (χ3v) is 5.96. The van der Waals surface area contributed by atoms with Crippen LogP contribution in [-0.4, -0.2) is 29.9 Å². The Morgan fingerprint density at radius 2 is 1.96 bits per heavy atom. The van der Waals surface area contributed by atoms with Crippen molar-refractivity contribution in [2.24, 2.45) is 0 Å². The summed E-state index contributed by atoms with van der Waals surface area (Å²) in [5.74, 6) is 0.163. The van der Waals surface area contributed by atoms with Crippen LogP contribution in [0, 0.1) is 13.8 Å². The van der Waals surface area contributed by atoms with Crippen LogP contribution < -0.4 is 10.6 Å². The molecule has 0 aliphatic carbocycles. The summed E-state index contributed by atoms with van der Waals surface area (Å²) in [6.45, 7) is 7.41. The van der Waals surface area contributed by atoms with Crippen molar-refractivity contribution in [3.05, 3.63) is 57.3 Å². The maximum atomic E-state index is 12.7. The highest BCUT2D eigenvalue weighted by atomic mass is 32.1. The molecule has 5 nitrogen and oxygen atoms in total. The van der Waals surface area contributed by atoms with Gasteiger partial charge in [-0.3, -0.25) is 4.79 Å². The number of hydrogen-bond acceptors (Lipinski definition) is 3. The molecule has 0 radical (unpaired) electrons. The smallest absolute Gasteiger partial charge is 0.315 e. The Bertz CT molecular complexity index is 803. The van der Waals surface area contributed by atoms with E-state index in [1.165, 1.54) is 9.75 Å². The molecule has 2 atom stereocenters. The normalized spacial score (nSPS) is 16.3. The molecule has 3 rings (SSSR count). The highest BCUT2D eigenvalue weighted by Crippen LogP contribution is 2.26. The molecule has 0 spiro atoms. The van der Waals surface area contributed by atoms with Crippen molar-refractivity contribution in [1.29, 1.82) is 0 Å². The quantitative estimate of drug-likeness (QED) is 0.787. The molecule has 1 saturated heterocycles. The van der Waals surface area contributed by atoms with E-state index in [1.807, 2.05) is 42.2 Å². The van der Waals surface area contributed by atoms with E-state index in [0.29, 0.717) is 13.0 Å². The highest BCUT2D eigenvalue weighted by Gasteiger charge is 2.25. The summed E-state index contributed by atoms with van der Waals surface area (Å²) in [7, 11) is 0. The number of amides is 3. The van der Waals surface area contributed by atoms with E-state index >= 15 is 0 Å². The van der Waals surface area contributed by atoms with Crippen LogP contribution in [0.3, 0.4) is 0 Å². The summed E-state index contributed by atoms with van der Waals surface area (Å²) in [4.78, 5) is 29.0. The highest BCUT2D eigenvalue weighted by molar-refractivity contribution is 7.12. The van der Waals surface area contributed by atoms with Gasteiger partial charge in [0.2, 0.25) is 5.91 Å². The zero-order valence-electron chi connectivity index (χ0n) is 16.1. The summed E-state index contributed by atoms with van der Waals surface area (Å²) in [6, 6.07) is 11.4. The number of hydrogen-bond donors (Lipinski definition) is 2. The number of likely N-dealkylation sites (tertiary alicyclic amines) is 1. The van der Waals surface area contributed by atoms with Crippen molar-refractivity contribution in [2.45, 2.75) is 45.7 Å². The minimum atomic E-state index is -0.231. The van der Waals surface area contributed by atoms with Gasteiger partial charge in [0.1, 0.15) is 0 Å². The first-order chi connectivity index (χ1) is 12.9. The molecule has 27 heavy (non-hydrogen) atoms. The van der Waals surface area contributed by atoms with Crippen molar-refractivity contribution in [3.63, 3.8) is 0 Å². The predicted octanol–water partition coefficient (Wildman–Crippen LogP) is 4.09. The molecule has 1 aliphatic rings. The van der Waals surface area contributed by atoms with Crippen molar-refractivity contribution < 1.29 is 9.59 Å². The number of benzene rings is 1. The lowest BCUT2D eigenvalue weighted by Gasteiger charge is -2.26. The van der Waals surface area contributed by atoms with Gasteiger partial charge in [-0.25, -0.2) is 4.79 Å². The summed E-state index contributed by atoms with van der Waals surface area (Å²) >= 11 is 1.74. The third kappa shape index (κ3) is 4.89. The van der Waals surface area contributed by atoms with E-state index in [-0.39, 0.29) is 24.0 Å². The van der Waals surface area contributed by atoms with Gasteiger partial charge in [-0.15, -0.1) is 11.3 Å². The van der Waals surface area contributed by atoms with Crippen LogP contribution in [-0.2, 0) is 4.79 Å². The van der Waals surface area contributed by atoms with E-state index in [9.17, 15) is 9.59 Å². The fraction of sp³-hybridized carbons (Fsp3) is 0.429. The zero-order chi connectivity index (χ0) is 19.4. The Balaban J connectivity index is 1.68. The Morgan fingerprint density at radius 1 is 1.22 bits per heavy atom. The van der Waals surface area contributed by atoms with Gasteiger partial charge in [-0.2, -0.15) is 0 Å². The summed E-state index contributed by atoms with van der Waals surface area (Å²) in [5, 5.41) is 6.11. The van der Waals surface area contributed by atoms with Crippen LogP contribution in [0.25, 0.3) is 0 Å². The number of aryl methyl sites for hydroxylation is 2. The maximum absolute atomic E-state index is 12.7. The SMILES string of the molecule is Cc1cc(C(C)NC(=O)NC(CN2CCCC2=O)c2ccccc2)c(C)s1. The second-order valence-electron chi connectivity index (χ2n) is 7.11. The number of carbonyl (C=O) groups excluding carboxylic acids is 2. The number of nitrogens with zero attached hydrogens (tertiary/aromatic N) is 1. The molecular weight excluding hydrogens is 358 g/mol. The van der Waals surface area contributed by atoms with Gasteiger partial charge in [-0.05, 0) is 44.4 Å². The van der Waals surface area contributed by atoms with Crippen LogP contribution >= 0.6 is 11.3 Å². The monoisotopic (exact) mass is 385 g/mol. The van der Waals surface area contributed by atoms with Gasteiger partial charge in [-0.1, -0.05) is 30.3 Å². The first-order valence-corrected chi connectivity index (χ1v) is 10.2. The molecule has 6 heteroatoms. The molecule has 0 bridgehead atoms. The molecule has 2 unspecified atom stereocenters. The van der Waals surface area contributed by atoms with E-state index < -0.39 is 0 Å². The standard InChI is InChI=1S/C21H27N3O2S/c1-14-12-18(16(3)27-14)15(2)22-21(26)23-19(17-8-5-4-6-9-17)13-24-11-7-10-20(24)25/h4-6,8-9,12,15,19H,7,10-11,13H2,1-3H3,(H2,22,23,26). The minimum absolute atomic E-state index is 0.0696. The molecule has 2 heterocycles. The molecule has 1 aliphatic heterocycles. The average Bonchev–Trinajstić information content (AvgIpc) is 3.19. The average molecular weight is 386 g/mol. The molecule has 144 valence electrons. The van der Waals surface area contributed by atoms with Crippen LogP contribution in [0.1, 0.15) is 52.7 Å². The fourth-order valence-corrected chi connectivity index (χ4v) is 4.61. The zero-order valence-corrected chi connectivity index (χ0v) is 16.9. The maximum Gasteiger partial charge on any atom is 0.315 e. The van der Waals surface area contributed by atoms with Gasteiger partial charge in [0.05, 0.1) is 12.1 Å². The molecule has 1 fully saturated rings. The van der Waals surface area contributed by atoms with Crippen LogP contribution in [0.2, 0.25) is 0 Å². The lowest BCUT2D eigenvalue weighted by Crippen LogP contribution is -2.43. The van der Waals surface area contributed by atoms with E-state index in [0.717, 1.165) is 24.1 Å². The molecule has 0 saturated carbocycles. The Morgan fingerprint density at radius 3 is 2.56 bits per heavy atom. The predicted molar refractivity (Wildman–Crippen MR) is 109 cm³/mol. The van der Waals surface area contributed by atoms with Crippen molar-refractivity contribution in [1.82, 2.24) is 15.5 Å². The molecule has 1 aromatic heterocycles. The molecular formula is C21H27N3O2S. The summed E-state index contributed by atoms with van der Waals surface area (Å²) in [6.07, 6.45) is 1.49. The van der Waals surface area contributed by atoms with Gasteiger partial charge in [0.15, 0.2) is 0 Å². The van der Waals surface area contributed by atoms with Gasteiger partial charge in [0, 0.05) is 29.3 Å². The van der Waals surface area contributed by atoms with E-state index in [4.69, 9.17) is 0 Å². The second-order valence-corrected chi connectivity index (χ2v) is 8.58. The van der Waals surface area contributed by atoms with Gasteiger partial charge >= 0.3 is 6.03 Å². The minimum Gasteiger partial charge on any atom is -0.340 e. The second kappa shape index (κ2) is 8.57. The number of thiophene rings is 1. The van der Waals surface area contributed by atoms with E-state index in [1.54, 1.807) is 11.3 Å². The van der Waals surface area contributed by atoms with Crippen LogP contribution in [0.5, 0.6) is 0 Å². The number of carbonyl (C=O) groups is 2. The number of nitrogens with one attached hydrogen (secondary N) is 2. The molecule has 3 amide bonds. The largest absolute Gasteiger partial charge is 0.340 e. The number of urea groups is 1. The van der Waals surface area contributed by atoms with Crippen molar-refractivity contribution in [3.8, 4) is 0 Å². The van der Waals surface area contributed by atoms with Crippen molar-refractivity contribution >= 4 is 23.3 Å². The van der Waals surface area contributed by atoms with Crippen LogP contribution in [0.4, 0.5) is 4.79 Å². The molecule has 2 N–H and O–H groups in total. The number of rotatable bonds is 6. The topological polar surface area (TPSA) is 61.4 Å². The Labute approximate surface area is 164 Å². The lowest BCUT2D eigenvalue weighted by molar-refractivity contribution is -0.128. The molecule has 2 aromatic rings. The van der Waals surface area contributed by atoms with E-state index in [2.05, 4.69) is 30.5 Å². The van der Waals surface area contributed by atoms with Gasteiger partial charge in [0.25, 0.3) is 0 Å². The summed E-state index contributed by atoms with van der Waals surface area (Å²) < 4.78 is 0. The third-order valence-electron chi connectivity index (χ3n) is 4.98. The molecule has 1 aromatic carbocycles. The summed E-state index contributed by atoms with van der Waals surface area (Å²) in [5.41, 5.74) is 2.15. The first kappa shape index (κ1) is 19.4. The Hall–Kier alpha value is -2.34. The van der Waals surface area contributed by atoms with Crippen molar-refractivity contribution in [2.75, 3.05) is 13.1 Å². The fourth-order valence-electron chi connectivity index (χ4n) is 3.59. The van der Waals surface area contributed by atoms with Crippen LogP contribution in [0.15, 0.2) is 36.4 Å². The first-order valence-electron chi connectivity index (χ1n) is 9.40. The van der Waals surface area contributed by atoms with Gasteiger partial charge < -0.3 is 15.5 Å². The Kier molecular flexibility index (Phi) is 6.16.